The number of halogens is 1. The zero-order valence-corrected chi connectivity index (χ0v) is 9.15. The van der Waals surface area contributed by atoms with Crippen LogP contribution in [-0.2, 0) is 12.4 Å². The fourth-order valence-electron chi connectivity index (χ4n) is 1.37. The molecule has 4 nitrogen and oxygen atoms in total. The van der Waals surface area contributed by atoms with Crippen LogP contribution in [0.3, 0.4) is 0 Å². The smallest absolute Gasteiger partial charge is 0.0974 e. The molecule has 0 saturated heterocycles. The van der Waals surface area contributed by atoms with Gasteiger partial charge in [-0.1, -0.05) is 11.3 Å². The van der Waals surface area contributed by atoms with E-state index in [1.165, 1.54) is 0 Å². The molecule has 15 heavy (non-hydrogen) atoms. The molecular weight excluding hydrogens is 212 g/mol. The third kappa shape index (κ3) is 2.53. The van der Waals surface area contributed by atoms with Crippen LogP contribution in [0, 0.1) is 6.92 Å². The Kier molecular flexibility index (Phi) is 2.97. The highest BCUT2D eigenvalue weighted by atomic mass is 35.5. The Morgan fingerprint density at radius 1 is 1.40 bits per heavy atom. The van der Waals surface area contributed by atoms with E-state index in [-0.39, 0.29) is 0 Å². The van der Waals surface area contributed by atoms with Gasteiger partial charge in [0, 0.05) is 12.4 Å². The van der Waals surface area contributed by atoms with Gasteiger partial charge >= 0.3 is 0 Å². The second-order valence-electron chi connectivity index (χ2n) is 3.41. The molecule has 78 valence electrons. The Hall–Kier alpha value is -1.42. The molecule has 2 aromatic heterocycles. The van der Waals surface area contributed by atoms with E-state index in [2.05, 4.69) is 21.4 Å². The SMILES string of the molecule is Cc1cncc(Cn2cc(CCl)nn2)c1. The van der Waals surface area contributed by atoms with Crippen molar-refractivity contribution >= 4 is 11.6 Å². The van der Waals surface area contributed by atoms with Gasteiger partial charge in [0.1, 0.15) is 0 Å². The highest BCUT2D eigenvalue weighted by Gasteiger charge is 2.00. The summed E-state index contributed by atoms with van der Waals surface area (Å²) in [6, 6.07) is 2.08. The van der Waals surface area contributed by atoms with E-state index in [0.717, 1.165) is 16.8 Å². The van der Waals surface area contributed by atoms with Gasteiger partial charge in [0.15, 0.2) is 0 Å². The van der Waals surface area contributed by atoms with Crippen molar-refractivity contribution in [3.8, 4) is 0 Å². The molecule has 2 rings (SSSR count). The van der Waals surface area contributed by atoms with Crippen molar-refractivity contribution in [2.75, 3.05) is 0 Å². The summed E-state index contributed by atoms with van der Waals surface area (Å²) in [5.41, 5.74) is 3.04. The standard InChI is InChI=1S/C10H11ClN4/c1-8-2-9(5-12-4-8)6-15-7-10(3-11)13-14-15/h2,4-5,7H,3,6H2,1H3. The lowest BCUT2D eigenvalue weighted by Crippen LogP contribution is -2.01. The highest BCUT2D eigenvalue weighted by molar-refractivity contribution is 6.16. The molecule has 2 heterocycles. The van der Waals surface area contributed by atoms with E-state index >= 15 is 0 Å². The van der Waals surface area contributed by atoms with E-state index in [9.17, 15) is 0 Å². The lowest BCUT2D eigenvalue weighted by Gasteiger charge is -2.00. The van der Waals surface area contributed by atoms with Gasteiger partial charge in [-0.3, -0.25) is 4.98 Å². The first-order valence-corrected chi connectivity index (χ1v) is 5.17. The van der Waals surface area contributed by atoms with Crippen LogP contribution < -0.4 is 0 Å². The molecule has 0 aliphatic heterocycles. The van der Waals surface area contributed by atoms with Crippen LogP contribution in [0.25, 0.3) is 0 Å². The van der Waals surface area contributed by atoms with Gasteiger partial charge in [-0.05, 0) is 18.1 Å². The Bertz CT molecular complexity index is 452. The van der Waals surface area contributed by atoms with Gasteiger partial charge in [-0.2, -0.15) is 0 Å². The maximum absolute atomic E-state index is 5.64. The van der Waals surface area contributed by atoms with Gasteiger partial charge in [0.2, 0.25) is 0 Å². The summed E-state index contributed by atoms with van der Waals surface area (Å²) in [4.78, 5) is 4.12. The van der Waals surface area contributed by atoms with Crippen molar-refractivity contribution in [2.45, 2.75) is 19.3 Å². The van der Waals surface area contributed by atoms with E-state index in [0.29, 0.717) is 12.4 Å². The monoisotopic (exact) mass is 222 g/mol. The van der Waals surface area contributed by atoms with E-state index in [1.54, 1.807) is 4.68 Å². The Morgan fingerprint density at radius 2 is 2.27 bits per heavy atom. The van der Waals surface area contributed by atoms with E-state index < -0.39 is 0 Å². The second-order valence-corrected chi connectivity index (χ2v) is 3.68. The van der Waals surface area contributed by atoms with Crippen molar-refractivity contribution in [2.24, 2.45) is 0 Å². The fraction of sp³-hybridized carbons (Fsp3) is 0.300. The van der Waals surface area contributed by atoms with Gasteiger partial charge in [-0.15, -0.1) is 16.7 Å². The molecule has 0 radical (unpaired) electrons. The van der Waals surface area contributed by atoms with Crippen molar-refractivity contribution in [3.63, 3.8) is 0 Å². The minimum Gasteiger partial charge on any atom is -0.264 e. The number of aromatic nitrogens is 4. The van der Waals surface area contributed by atoms with Crippen molar-refractivity contribution < 1.29 is 0 Å². The molecule has 0 saturated carbocycles. The first kappa shape index (κ1) is 10.1. The summed E-state index contributed by atoms with van der Waals surface area (Å²) in [6.45, 7) is 2.70. The first-order valence-electron chi connectivity index (χ1n) is 4.63. The molecule has 0 aromatic carbocycles. The number of pyridine rings is 1. The Labute approximate surface area is 92.9 Å². The summed E-state index contributed by atoms with van der Waals surface area (Å²) in [5, 5.41) is 7.88. The predicted molar refractivity (Wildman–Crippen MR) is 57.7 cm³/mol. The van der Waals surface area contributed by atoms with Gasteiger partial charge < -0.3 is 0 Å². The molecule has 0 aliphatic carbocycles. The van der Waals surface area contributed by atoms with Crippen molar-refractivity contribution in [3.05, 3.63) is 41.5 Å². The second kappa shape index (κ2) is 4.40. The number of alkyl halides is 1. The third-order valence-electron chi connectivity index (χ3n) is 2.00. The van der Waals surface area contributed by atoms with E-state index in [1.807, 2.05) is 25.5 Å². The van der Waals surface area contributed by atoms with Crippen molar-refractivity contribution in [1.82, 2.24) is 20.0 Å². The lowest BCUT2D eigenvalue weighted by atomic mass is 10.2. The lowest BCUT2D eigenvalue weighted by molar-refractivity contribution is 0.647. The number of nitrogens with zero attached hydrogens (tertiary/aromatic N) is 4. The normalized spacial score (nSPS) is 10.5. The van der Waals surface area contributed by atoms with Crippen LogP contribution in [0.2, 0.25) is 0 Å². The minimum absolute atomic E-state index is 0.395. The predicted octanol–water partition coefficient (Wildman–Crippen LogP) is 1.77. The number of hydrogen-bond acceptors (Lipinski definition) is 3. The number of aryl methyl sites for hydroxylation is 1. The first-order chi connectivity index (χ1) is 7.28. The average Bonchev–Trinajstić information content (AvgIpc) is 2.65. The summed E-state index contributed by atoms with van der Waals surface area (Å²) in [7, 11) is 0. The maximum atomic E-state index is 5.64. The van der Waals surface area contributed by atoms with Crippen molar-refractivity contribution in [1.29, 1.82) is 0 Å². The molecule has 0 fully saturated rings. The molecule has 0 amide bonds. The quantitative estimate of drug-likeness (QED) is 0.744. The van der Waals surface area contributed by atoms with E-state index in [4.69, 9.17) is 11.6 Å². The minimum atomic E-state index is 0.395. The maximum Gasteiger partial charge on any atom is 0.0974 e. The third-order valence-corrected chi connectivity index (χ3v) is 2.27. The molecule has 0 atom stereocenters. The van der Waals surface area contributed by atoms with Crippen LogP contribution in [-0.4, -0.2) is 20.0 Å². The zero-order chi connectivity index (χ0) is 10.7. The number of hydrogen-bond donors (Lipinski definition) is 0. The highest BCUT2D eigenvalue weighted by Crippen LogP contribution is 2.04. The molecule has 0 bridgehead atoms. The van der Waals surface area contributed by atoms with Crippen LogP contribution in [0.15, 0.2) is 24.7 Å². The summed E-state index contributed by atoms with van der Waals surface area (Å²) < 4.78 is 1.76. The number of rotatable bonds is 3. The molecule has 2 aromatic rings. The topological polar surface area (TPSA) is 43.6 Å². The van der Waals surface area contributed by atoms with Crippen LogP contribution in [0.5, 0.6) is 0 Å². The van der Waals surface area contributed by atoms with Gasteiger partial charge in [0.25, 0.3) is 0 Å². The van der Waals surface area contributed by atoms with Crippen LogP contribution >= 0.6 is 11.6 Å². The Morgan fingerprint density at radius 3 is 2.93 bits per heavy atom. The average molecular weight is 223 g/mol. The zero-order valence-electron chi connectivity index (χ0n) is 8.39. The Balaban J connectivity index is 2.14. The molecule has 0 N–H and O–H groups in total. The fourth-order valence-corrected chi connectivity index (χ4v) is 1.49. The van der Waals surface area contributed by atoms with Crippen LogP contribution in [0.4, 0.5) is 0 Å². The summed E-state index contributed by atoms with van der Waals surface area (Å²) in [6.07, 6.45) is 5.50. The molecule has 5 heteroatoms. The largest absolute Gasteiger partial charge is 0.264 e. The summed E-state index contributed by atoms with van der Waals surface area (Å²) in [5.74, 6) is 0.395. The van der Waals surface area contributed by atoms with Gasteiger partial charge in [-0.25, -0.2) is 4.68 Å². The van der Waals surface area contributed by atoms with Gasteiger partial charge in [0.05, 0.1) is 24.3 Å². The molecular formula is C10H11ClN4. The molecule has 0 unspecified atom stereocenters. The molecule has 0 spiro atoms. The molecule has 0 aliphatic rings. The van der Waals surface area contributed by atoms with Crippen LogP contribution in [0.1, 0.15) is 16.8 Å². The summed E-state index contributed by atoms with van der Waals surface area (Å²) >= 11 is 5.64.